The zero-order valence-corrected chi connectivity index (χ0v) is 12.0. The van der Waals surface area contributed by atoms with Crippen molar-refractivity contribution in [3.05, 3.63) is 54.6 Å². The molecule has 3 nitrogen and oxygen atoms in total. The first-order valence-electron chi connectivity index (χ1n) is 6.94. The Hall–Kier alpha value is -2.55. The summed E-state index contributed by atoms with van der Waals surface area (Å²) in [6, 6.07) is 17.8. The molecule has 3 heteroatoms. The lowest BCUT2D eigenvalue weighted by molar-refractivity contribution is 0.0737. The molecule has 0 fully saturated rings. The van der Waals surface area contributed by atoms with Crippen molar-refractivity contribution in [2.75, 3.05) is 0 Å². The molecule has 0 unspecified atom stereocenters. The van der Waals surface area contributed by atoms with E-state index in [1.807, 2.05) is 48.5 Å². The zero-order valence-electron chi connectivity index (χ0n) is 12.0. The Labute approximate surface area is 123 Å². The third kappa shape index (κ3) is 2.68. The van der Waals surface area contributed by atoms with Crippen LogP contribution >= 0.6 is 0 Å². The third-order valence-corrected chi connectivity index (χ3v) is 3.24. The van der Waals surface area contributed by atoms with E-state index in [-0.39, 0.29) is 6.10 Å². The fraction of sp³-hybridized carbons (Fsp3) is 0.167. The van der Waals surface area contributed by atoms with Crippen molar-refractivity contribution in [2.45, 2.75) is 20.0 Å². The van der Waals surface area contributed by atoms with E-state index in [2.05, 4.69) is 6.07 Å². The molecule has 0 saturated heterocycles. The van der Waals surface area contributed by atoms with E-state index < -0.39 is 6.16 Å². The van der Waals surface area contributed by atoms with Crippen LogP contribution in [0, 0.1) is 0 Å². The maximum atomic E-state index is 11.9. The molecule has 0 aromatic heterocycles. The molecule has 0 aliphatic rings. The lowest BCUT2D eigenvalue weighted by atomic mass is 10.0. The number of hydrogen-bond donors (Lipinski definition) is 0. The predicted octanol–water partition coefficient (Wildman–Crippen LogP) is 4.92. The molecular formula is C18H16O3. The molecule has 0 aliphatic carbocycles. The van der Waals surface area contributed by atoms with Crippen LogP contribution in [0.2, 0.25) is 0 Å². The van der Waals surface area contributed by atoms with Crippen molar-refractivity contribution in [3.8, 4) is 5.75 Å². The highest BCUT2D eigenvalue weighted by atomic mass is 16.7. The van der Waals surface area contributed by atoms with Gasteiger partial charge in [-0.25, -0.2) is 4.79 Å². The summed E-state index contributed by atoms with van der Waals surface area (Å²) in [7, 11) is 0. The van der Waals surface area contributed by atoms with E-state index in [9.17, 15) is 4.79 Å². The highest BCUT2D eigenvalue weighted by molar-refractivity contribution is 6.06. The summed E-state index contributed by atoms with van der Waals surface area (Å²) in [5, 5.41) is 3.86. The quantitative estimate of drug-likeness (QED) is 0.380. The molecule has 3 aromatic carbocycles. The van der Waals surface area contributed by atoms with Gasteiger partial charge in [-0.2, -0.15) is 0 Å². The van der Waals surface area contributed by atoms with Crippen LogP contribution in [-0.4, -0.2) is 12.3 Å². The number of carbonyl (C=O) groups is 1. The maximum absolute atomic E-state index is 11.9. The molecular weight excluding hydrogens is 264 g/mol. The van der Waals surface area contributed by atoms with Gasteiger partial charge in [0.1, 0.15) is 5.75 Å². The number of rotatable bonds is 2. The van der Waals surface area contributed by atoms with Gasteiger partial charge in [0.05, 0.1) is 6.10 Å². The Morgan fingerprint density at radius 2 is 1.43 bits per heavy atom. The second kappa shape index (κ2) is 5.44. The SMILES string of the molecule is CC(C)OC(=O)Oc1c2ccccc2cc2ccccc12. The fourth-order valence-corrected chi connectivity index (χ4v) is 2.38. The van der Waals surface area contributed by atoms with Gasteiger partial charge in [0.25, 0.3) is 0 Å². The van der Waals surface area contributed by atoms with Crippen LogP contribution in [0.25, 0.3) is 21.5 Å². The van der Waals surface area contributed by atoms with Crippen molar-refractivity contribution >= 4 is 27.7 Å². The number of hydrogen-bond acceptors (Lipinski definition) is 3. The van der Waals surface area contributed by atoms with Crippen LogP contribution < -0.4 is 4.74 Å². The monoisotopic (exact) mass is 280 g/mol. The average molecular weight is 280 g/mol. The summed E-state index contributed by atoms with van der Waals surface area (Å²) in [5.74, 6) is 0.550. The second-order valence-electron chi connectivity index (χ2n) is 5.17. The number of carbonyl (C=O) groups excluding carboxylic acids is 1. The summed E-state index contributed by atoms with van der Waals surface area (Å²) in [4.78, 5) is 11.9. The lowest BCUT2D eigenvalue weighted by Crippen LogP contribution is -2.15. The third-order valence-electron chi connectivity index (χ3n) is 3.24. The topological polar surface area (TPSA) is 35.5 Å². The highest BCUT2D eigenvalue weighted by Crippen LogP contribution is 2.35. The van der Waals surface area contributed by atoms with Crippen LogP contribution in [0.3, 0.4) is 0 Å². The fourth-order valence-electron chi connectivity index (χ4n) is 2.38. The molecule has 0 bridgehead atoms. The van der Waals surface area contributed by atoms with Gasteiger partial charge in [0.2, 0.25) is 0 Å². The molecule has 0 aliphatic heterocycles. The van der Waals surface area contributed by atoms with Gasteiger partial charge in [-0.3, -0.25) is 0 Å². The van der Waals surface area contributed by atoms with Crippen LogP contribution in [0.15, 0.2) is 54.6 Å². The lowest BCUT2D eigenvalue weighted by Gasteiger charge is -2.13. The van der Waals surface area contributed by atoms with E-state index in [1.54, 1.807) is 13.8 Å². The van der Waals surface area contributed by atoms with Crippen molar-refractivity contribution in [2.24, 2.45) is 0 Å². The zero-order chi connectivity index (χ0) is 14.8. The van der Waals surface area contributed by atoms with Gasteiger partial charge in [0.15, 0.2) is 0 Å². The minimum absolute atomic E-state index is 0.209. The largest absolute Gasteiger partial charge is 0.514 e. The van der Waals surface area contributed by atoms with Crippen LogP contribution in [0.4, 0.5) is 4.79 Å². The number of ether oxygens (including phenoxy) is 2. The summed E-state index contributed by atoms with van der Waals surface area (Å²) in [6.45, 7) is 3.59. The molecule has 0 spiro atoms. The standard InChI is InChI=1S/C18H16O3/c1-12(2)20-18(19)21-17-15-9-5-3-7-13(15)11-14-8-4-6-10-16(14)17/h3-12H,1-2H3. The molecule has 106 valence electrons. The van der Waals surface area contributed by atoms with E-state index >= 15 is 0 Å². The Kier molecular flexibility index (Phi) is 3.48. The van der Waals surface area contributed by atoms with Crippen molar-refractivity contribution in [1.29, 1.82) is 0 Å². The van der Waals surface area contributed by atoms with Crippen molar-refractivity contribution in [1.82, 2.24) is 0 Å². The molecule has 0 atom stereocenters. The van der Waals surface area contributed by atoms with E-state index in [4.69, 9.17) is 9.47 Å². The average Bonchev–Trinajstić information content (AvgIpc) is 2.46. The highest BCUT2D eigenvalue weighted by Gasteiger charge is 2.14. The van der Waals surface area contributed by atoms with Gasteiger partial charge < -0.3 is 9.47 Å². The normalized spacial score (nSPS) is 11.0. The summed E-state index contributed by atoms with van der Waals surface area (Å²) < 4.78 is 10.6. The van der Waals surface area contributed by atoms with Crippen molar-refractivity contribution in [3.63, 3.8) is 0 Å². The van der Waals surface area contributed by atoms with Gasteiger partial charge in [-0.05, 0) is 30.7 Å². The van der Waals surface area contributed by atoms with Gasteiger partial charge in [0, 0.05) is 10.8 Å². The van der Waals surface area contributed by atoms with Crippen molar-refractivity contribution < 1.29 is 14.3 Å². The first kappa shape index (κ1) is 13.4. The Balaban J connectivity index is 2.18. The second-order valence-corrected chi connectivity index (χ2v) is 5.17. The van der Waals surface area contributed by atoms with Crippen LogP contribution in [0.1, 0.15) is 13.8 Å². The van der Waals surface area contributed by atoms with Crippen LogP contribution in [0.5, 0.6) is 5.75 Å². The molecule has 0 amide bonds. The molecule has 0 heterocycles. The first-order chi connectivity index (χ1) is 10.1. The Morgan fingerprint density at radius 1 is 0.905 bits per heavy atom. The molecule has 0 N–H and O–H groups in total. The smallest absolute Gasteiger partial charge is 0.431 e. The molecule has 3 aromatic rings. The minimum atomic E-state index is -0.675. The first-order valence-corrected chi connectivity index (χ1v) is 6.94. The van der Waals surface area contributed by atoms with Crippen LogP contribution in [-0.2, 0) is 4.74 Å². The number of fused-ring (bicyclic) bond motifs is 2. The summed E-state index contributed by atoms with van der Waals surface area (Å²) >= 11 is 0. The van der Waals surface area contributed by atoms with Gasteiger partial charge >= 0.3 is 6.16 Å². The Bertz CT molecular complexity index is 752. The summed E-state index contributed by atoms with van der Waals surface area (Å²) in [5.41, 5.74) is 0. The molecule has 0 radical (unpaired) electrons. The van der Waals surface area contributed by atoms with Gasteiger partial charge in [-0.15, -0.1) is 0 Å². The molecule has 0 saturated carbocycles. The Morgan fingerprint density at radius 3 is 1.95 bits per heavy atom. The van der Waals surface area contributed by atoms with E-state index in [0.29, 0.717) is 5.75 Å². The van der Waals surface area contributed by atoms with E-state index in [0.717, 1.165) is 21.5 Å². The molecule has 21 heavy (non-hydrogen) atoms. The minimum Gasteiger partial charge on any atom is -0.431 e. The maximum Gasteiger partial charge on any atom is 0.514 e. The molecule has 3 rings (SSSR count). The van der Waals surface area contributed by atoms with Gasteiger partial charge in [-0.1, -0.05) is 48.5 Å². The predicted molar refractivity (Wildman–Crippen MR) is 83.7 cm³/mol. The summed E-state index contributed by atoms with van der Waals surface area (Å²) in [6.07, 6.45) is -0.884. The van der Waals surface area contributed by atoms with E-state index in [1.165, 1.54) is 0 Å². The number of benzene rings is 3.